The van der Waals surface area contributed by atoms with Gasteiger partial charge < -0.3 is 4.57 Å². The number of benzene rings is 1. The van der Waals surface area contributed by atoms with Crippen molar-refractivity contribution in [2.45, 2.75) is 19.1 Å². The maximum absolute atomic E-state index is 13.7. The van der Waals surface area contributed by atoms with Gasteiger partial charge in [-0.1, -0.05) is 23.4 Å². The number of pyridine rings is 1. The molecule has 0 aliphatic rings. The fraction of sp³-hybridized carbons (Fsp3) is 0.158. The minimum atomic E-state index is -4.60. The second-order valence-corrected chi connectivity index (χ2v) is 6.30. The number of nitrogens with zero attached hydrogens (tertiary/aromatic N) is 5. The first-order chi connectivity index (χ1) is 13.9. The van der Waals surface area contributed by atoms with Gasteiger partial charge in [0.05, 0.1) is 12.0 Å². The van der Waals surface area contributed by atoms with Gasteiger partial charge in [-0.25, -0.2) is 9.37 Å². The molecule has 0 aliphatic carbocycles. The first-order valence-electron chi connectivity index (χ1n) is 8.62. The van der Waals surface area contributed by atoms with E-state index in [2.05, 4.69) is 20.3 Å². The molecule has 1 N–H and O–H groups in total. The number of aromatic nitrogens is 6. The zero-order chi connectivity index (χ0) is 20.4. The molecular weight excluding hydrogens is 388 g/mol. The Hall–Kier alpha value is -3.56. The smallest absolute Gasteiger partial charge is 0.336 e. The molecule has 0 bridgehead atoms. The van der Waals surface area contributed by atoms with Crippen LogP contribution < -0.4 is 0 Å². The normalized spacial score (nSPS) is 11.7. The Morgan fingerprint density at radius 2 is 1.86 bits per heavy atom. The predicted molar refractivity (Wildman–Crippen MR) is 95.9 cm³/mol. The summed E-state index contributed by atoms with van der Waals surface area (Å²) in [5.41, 5.74) is 0.358. The molecule has 1 aromatic carbocycles. The van der Waals surface area contributed by atoms with Crippen LogP contribution in [0, 0.1) is 5.82 Å². The van der Waals surface area contributed by atoms with E-state index in [9.17, 15) is 17.6 Å². The van der Waals surface area contributed by atoms with Crippen molar-refractivity contribution >= 4 is 0 Å². The Kier molecular flexibility index (Phi) is 4.83. The van der Waals surface area contributed by atoms with E-state index in [-0.39, 0.29) is 17.1 Å². The van der Waals surface area contributed by atoms with Crippen LogP contribution in [-0.2, 0) is 19.1 Å². The fourth-order valence-electron chi connectivity index (χ4n) is 2.91. The van der Waals surface area contributed by atoms with Gasteiger partial charge in [0, 0.05) is 24.5 Å². The lowest BCUT2D eigenvalue weighted by Gasteiger charge is -2.06. The summed E-state index contributed by atoms with van der Waals surface area (Å²) in [5, 5.41) is 8.70. The zero-order valence-corrected chi connectivity index (χ0v) is 14.9. The highest BCUT2D eigenvalue weighted by atomic mass is 19.4. The highest BCUT2D eigenvalue weighted by molar-refractivity contribution is 5.67. The third-order valence-corrected chi connectivity index (χ3v) is 4.36. The van der Waals surface area contributed by atoms with Crippen LogP contribution >= 0.6 is 0 Å². The van der Waals surface area contributed by atoms with Crippen molar-refractivity contribution in [3.05, 3.63) is 72.2 Å². The lowest BCUT2D eigenvalue weighted by molar-refractivity contribution is -0.140. The van der Waals surface area contributed by atoms with Crippen LogP contribution in [0.15, 0.2) is 55.1 Å². The zero-order valence-electron chi connectivity index (χ0n) is 14.9. The maximum atomic E-state index is 13.7. The molecule has 0 spiro atoms. The van der Waals surface area contributed by atoms with Gasteiger partial charge in [-0.3, -0.25) is 10.1 Å². The molecule has 0 fully saturated rings. The Morgan fingerprint density at radius 1 is 1.03 bits per heavy atom. The average molecular weight is 402 g/mol. The Morgan fingerprint density at radius 3 is 2.66 bits per heavy atom. The predicted octanol–water partition coefficient (Wildman–Crippen LogP) is 4.13. The van der Waals surface area contributed by atoms with Gasteiger partial charge in [-0.05, 0) is 30.2 Å². The molecule has 0 amide bonds. The van der Waals surface area contributed by atoms with Crippen LogP contribution in [0.3, 0.4) is 0 Å². The summed E-state index contributed by atoms with van der Waals surface area (Å²) in [5.74, 6) is -0.268. The number of aromatic amines is 1. The number of aryl methyl sites for hydroxylation is 2. The highest BCUT2D eigenvalue weighted by Crippen LogP contribution is 2.34. The Balaban J connectivity index is 1.56. The number of alkyl halides is 3. The molecular formula is C19H14F4N6. The largest absolute Gasteiger partial charge is 0.435 e. The number of rotatable bonds is 5. The summed E-state index contributed by atoms with van der Waals surface area (Å²) >= 11 is 0. The molecule has 0 radical (unpaired) electrons. The van der Waals surface area contributed by atoms with Crippen LogP contribution in [0.1, 0.15) is 11.3 Å². The molecule has 148 valence electrons. The molecule has 0 unspecified atom stereocenters. The van der Waals surface area contributed by atoms with Crippen LogP contribution in [0.4, 0.5) is 17.6 Å². The van der Waals surface area contributed by atoms with E-state index in [0.717, 1.165) is 0 Å². The molecule has 6 nitrogen and oxygen atoms in total. The van der Waals surface area contributed by atoms with Gasteiger partial charge in [0.15, 0.2) is 5.69 Å². The van der Waals surface area contributed by atoms with Crippen molar-refractivity contribution in [1.29, 1.82) is 0 Å². The third kappa shape index (κ3) is 4.00. The molecule has 10 heteroatoms. The third-order valence-electron chi connectivity index (χ3n) is 4.36. The summed E-state index contributed by atoms with van der Waals surface area (Å²) in [6, 6.07) is 9.41. The SMILES string of the molecule is Fc1ccccc1CCn1cnc(-c2cc(-c3nn[nH]c3C(F)(F)F)ccn2)c1. The highest BCUT2D eigenvalue weighted by Gasteiger charge is 2.37. The molecule has 3 aromatic heterocycles. The van der Waals surface area contributed by atoms with Gasteiger partial charge in [-0.2, -0.15) is 13.2 Å². The number of nitrogens with one attached hydrogen (secondary N) is 1. The van der Waals surface area contributed by atoms with Crippen molar-refractivity contribution in [2.24, 2.45) is 0 Å². The van der Waals surface area contributed by atoms with E-state index in [1.54, 1.807) is 35.3 Å². The summed E-state index contributed by atoms with van der Waals surface area (Å²) in [6.07, 6.45) is 0.542. The monoisotopic (exact) mass is 402 g/mol. The molecule has 29 heavy (non-hydrogen) atoms. The number of hydrogen-bond acceptors (Lipinski definition) is 4. The van der Waals surface area contributed by atoms with Crippen molar-refractivity contribution in [3.8, 4) is 22.6 Å². The lowest BCUT2D eigenvalue weighted by atomic mass is 10.1. The van der Waals surface area contributed by atoms with Gasteiger partial charge >= 0.3 is 6.18 Å². The van der Waals surface area contributed by atoms with E-state index in [1.165, 1.54) is 24.4 Å². The van der Waals surface area contributed by atoms with Crippen LogP contribution in [0.5, 0.6) is 0 Å². The van der Waals surface area contributed by atoms with Gasteiger partial charge in [0.25, 0.3) is 0 Å². The van der Waals surface area contributed by atoms with Gasteiger partial charge in [0.1, 0.15) is 17.2 Å². The Labute approximate surface area is 162 Å². The molecule has 0 saturated carbocycles. The van der Waals surface area contributed by atoms with E-state index < -0.39 is 11.9 Å². The molecule has 0 saturated heterocycles. The van der Waals surface area contributed by atoms with Crippen molar-refractivity contribution < 1.29 is 17.6 Å². The minimum Gasteiger partial charge on any atom is -0.336 e. The van der Waals surface area contributed by atoms with Crippen molar-refractivity contribution in [1.82, 2.24) is 29.9 Å². The molecule has 3 heterocycles. The van der Waals surface area contributed by atoms with E-state index in [0.29, 0.717) is 29.9 Å². The molecule has 0 atom stereocenters. The van der Waals surface area contributed by atoms with Gasteiger partial charge in [0.2, 0.25) is 0 Å². The van der Waals surface area contributed by atoms with Crippen LogP contribution in [-0.4, -0.2) is 29.9 Å². The van der Waals surface area contributed by atoms with Gasteiger partial charge in [-0.15, -0.1) is 5.10 Å². The summed E-state index contributed by atoms with van der Waals surface area (Å²) in [7, 11) is 0. The van der Waals surface area contributed by atoms with Crippen LogP contribution in [0.2, 0.25) is 0 Å². The first kappa shape index (κ1) is 18.8. The Bertz CT molecular complexity index is 1130. The van der Waals surface area contributed by atoms with E-state index >= 15 is 0 Å². The molecule has 4 aromatic rings. The van der Waals surface area contributed by atoms with E-state index in [4.69, 9.17) is 0 Å². The summed E-state index contributed by atoms with van der Waals surface area (Å²) in [4.78, 5) is 8.44. The number of imidazole rings is 1. The minimum absolute atomic E-state index is 0.219. The summed E-state index contributed by atoms with van der Waals surface area (Å²) in [6.45, 7) is 0.495. The topological polar surface area (TPSA) is 72.3 Å². The lowest BCUT2D eigenvalue weighted by Crippen LogP contribution is -2.07. The van der Waals surface area contributed by atoms with E-state index in [1.807, 2.05) is 5.10 Å². The quantitative estimate of drug-likeness (QED) is 0.510. The van der Waals surface area contributed by atoms with Crippen molar-refractivity contribution in [3.63, 3.8) is 0 Å². The molecule has 4 rings (SSSR count). The standard InChI is InChI=1S/C19H14F4N6/c20-14-4-2-1-3-12(14)6-8-29-10-16(25-11-29)15-9-13(5-7-24-15)17-18(19(21,22)23)27-28-26-17/h1-5,7,9-11H,6,8H2,(H,26,27,28). The first-order valence-corrected chi connectivity index (χ1v) is 8.62. The maximum Gasteiger partial charge on any atom is 0.435 e. The second kappa shape index (κ2) is 7.46. The fourth-order valence-corrected chi connectivity index (χ4v) is 2.91. The van der Waals surface area contributed by atoms with Crippen LogP contribution in [0.25, 0.3) is 22.6 Å². The van der Waals surface area contributed by atoms with Crippen molar-refractivity contribution in [2.75, 3.05) is 0 Å². The second-order valence-electron chi connectivity index (χ2n) is 6.30. The summed E-state index contributed by atoms with van der Waals surface area (Å²) < 4.78 is 54.7. The number of hydrogen-bond donors (Lipinski definition) is 1. The number of H-pyrrole nitrogens is 1. The molecule has 0 aliphatic heterocycles. The number of halogens is 4. The average Bonchev–Trinajstić information content (AvgIpc) is 3.37.